The summed E-state index contributed by atoms with van der Waals surface area (Å²) in [4.78, 5) is 10.5. The maximum Gasteiger partial charge on any atom is 0.219 e. The highest BCUT2D eigenvalue weighted by Gasteiger charge is 2.39. The van der Waals surface area contributed by atoms with Crippen LogP contribution in [-0.2, 0) is 6.42 Å². The van der Waals surface area contributed by atoms with Crippen LogP contribution in [0.25, 0.3) is 10.9 Å². The first-order valence-corrected chi connectivity index (χ1v) is 11.0. The van der Waals surface area contributed by atoms with Gasteiger partial charge in [0.1, 0.15) is 5.75 Å². The van der Waals surface area contributed by atoms with Gasteiger partial charge in [0.15, 0.2) is 0 Å². The highest BCUT2D eigenvalue weighted by molar-refractivity contribution is 5.88. The Bertz CT molecular complexity index is 1200. The Labute approximate surface area is 182 Å². The molecule has 5 nitrogen and oxygen atoms in total. The number of hydrogen-bond acceptors (Lipinski definition) is 4. The maximum atomic E-state index is 5.82. The molecule has 6 rings (SSSR count). The van der Waals surface area contributed by atoms with E-state index in [-0.39, 0.29) is 0 Å². The van der Waals surface area contributed by atoms with Crippen LogP contribution in [0.1, 0.15) is 23.5 Å². The van der Waals surface area contributed by atoms with Crippen molar-refractivity contribution in [2.75, 3.05) is 18.9 Å². The van der Waals surface area contributed by atoms with E-state index in [1.54, 1.807) is 0 Å². The summed E-state index contributed by atoms with van der Waals surface area (Å²) < 4.78 is 5.82. The molecule has 1 fully saturated rings. The molecule has 2 N–H and O–H groups in total. The van der Waals surface area contributed by atoms with E-state index in [0.717, 1.165) is 30.8 Å². The zero-order valence-corrected chi connectivity index (χ0v) is 17.6. The molecule has 4 aromatic rings. The predicted molar refractivity (Wildman–Crippen MR) is 124 cm³/mol. The number of pyridine rings is 1. The van der Waals surface area contributed by atoms with Crippen LogP contribution in [0.5, 0.6) is 11.6 Å². The molecule has 0 spiro atoms. The fraction of sp³-hybridized carbons (Fsp3) is 0.269. The molecule has 31 heavy (non-hydrogen) atoms. The van der Waals surface area contributed by atoms with Crippen molar-refractivity contribution in [3.63, 3.8) is 0 Å². The van der Waals surface area contributed by atoms with Crippen molar-refractivity contribution >= 4 is 16.6 Å². The zero-order valence-electron chi connectivity index (χ0n) is 17.6. The fourth-order valence-corrected chi connectivity index (χ4v) is 5.42. The number of H-pyrrole nitrogens is 1. The van der Waals surface area contributed by atoms with E-state index >= 15 is 0 Å². The van der Waals surface area contributed by atoms with Gasteiger partial charge >= 0.3 is 0 Å². The van der Waals surface area contributed by atoms with E-state index in [1.165, 1.54) is 22.0 Å². The summed E-state index contributed by atoms with van der Waals surface area (Å²) in [5.74, 6) is 1.94. The molecule has 0 unspecified atom stereocenters. The smallest absolute Gasteiger partial charge is 0.219 e. The number of anilines is 1. The summed E-state index contributed by atoms with van der Waals surface area (Å²) >= 11 is 0. The van der Waals surface area contributed by atoms with E-state index in [2.05, 4.69) is 57.7 Å². The van der Waals surface area contributed by atoms with Gasteiger partial charge < -0.3 is 19.9 Å². The largest absolute Gasteiger partial charge is 0.439 e. The van der Waals surface area contributed by atoms with Gasteiger partial charge in [-0.05, 0) is 55.3 Å². The molecule has 2 aromatic carbocycles. The standard InChI is InChI=1S/C26H26N4O/c1-30-16-19(29-18-10-11-25(28-15-18)31-20-6-3-2-4-7-20)13-22-21-8-5-9-23-26(21)17(14-27-23)12-24(22)30/h2-11,14-15,19,22,24,27,29H,12-13,16H2,1H3/t19-,22-,24-/m1/s1. The zero-order chi connectivity index (χ0) is 20.8. The van der Waals surface area contributed by atoms with Crippen LogP contribution >= 0.6 is 0 Å². The fourth-order valence-electron chi connectivity index (χ4n) is 5.42. The first-order valence-electron chi connectivity index (χ1n) is 11.0. The third-order valence-electron chi connectivity index (χ3n) is 6.80. The molecule has 2 aliphatic rings. The summed E-state index contributed by atoms with van der Waals surface area (Å²) in [6.45, 7) is 1.03. The topological polar surface area (TPSA) is 53.2 Å². The van der Waals surface area contributed by atoms with Gasteiger partial charge in [0, 0.05) is 47.7 Å². The Morgan fingerprint density at radius 3 is 2.81 bits per heavy atom. The van der Waals surface area contributed by atoms with Crippen LogP contribution in [0.2, 0.25) is 0 Å². The van der Waals surface area contributed by atoms with Gasteiger partial charge in [-0.3, -0.25) is 0 Å². The first kappa shape index (κ1) is 18.5. The summed E-state index contributed by atoms with van der Waals surface area (Å²) in [7, 11) is 2.26. The normalized spacial score (nSPS) is 22.8. The number of para-hydroxylation sites is 1. The lowest BCUT2D eigenvalue weighted by Crippen LogP contribution is -2.51. The molecule has 1 aliphatic carbocycles. The van der Waals surface area contributed by atoms with Crippen molar-refractivity contribution in [3.8, 4) is 11.6 Å². The number of likely N-dealkylation sites (tertiary alicyclic amines) is 1. The average molecular weight is 411 g/mol. The highest BCUT2D eigenvalue weighted by Crippen LogP contribution is 2.43. The summed E-state index contributed by atoms with van der Waals surface area (Å²) in [5, 5.41) is 5.16. The van der Waals surface area contributed by atoms with Gasteiger partial charge in [-0.2, -0.15) is 0 Å². The van der Waals surface area contributed by atoms with Crippen molar-refractivity contribution in [1.29, 1.82) is 0 Å². The molecule has 156 valence electrons. The lowest BCUT2D eigenvalue weighted by molar-refractivity contribution is 0.147. The van der Waals surface area contributed by atoms with Crippen molar-refractivity contribution in [2.45, 2.75) is 30.8 Å². The third-order valence-corrected chi connectivity index (χ3v) is 6.80. The van der Waals surface area contributed by atoms with Crippen molar-refractivity contribution in [1.82, 2.24) is 14.9 Å². The maximum absolute atomic E-state index is 5.82. The Hall–Kier alpha value is -3.31. The van der Waals surface area contributed by atoms with Crippen LogP contribution in [-0.4, -0.2) is 40.5 Å². The van der Waals surface area contributed by atoms with Gasteiger partial charge in [-0.1, -0.05) is 30.3 Å². The van der Waals surface area contributed by atoms with Crippen molar-refractivity contribution < 1.29 is 4.74 Å². The number of rotatable bonds is 4. The monoisotopic (exact) mass is 410 g/mol. The SMILES string of the molecule is CN1C[C@H](Nc2ccc(Oc3ccccc3)nc2)C[C@@H]2c3cccc4[nH]cc(c34)C[C@H]21. The number of hydrogen-bond donors (Lipinski definition) is 2. The van der Waals surface area contributed by atoms with E-state index < -0.39 is 0 Å². The van der Waals surface area contributed by atoms with Gasteiger partial charge in [0.05, 0.1) is 11.9 Å². The summed E-state index contributed by atoms with van der Waals surface area (Å²) in [6.07, 6.45) is 6.32. The van der Waals surface area contributed by atoms with Crippen LogP contribution in [0, 0.1) is 0 Å². The Kier molecular flexibility index (Phi) is 4.42. The van der Waals surface area contributed by atoms with Crippen molar-refractivity contribution in [2.24, 2.45) is 0 Å². The Morgan fingerprint density at radius 1 is 1.06 bits per heavy atom. The number of ether oxygens (including phenoxy) is 1. The molecular formula is C26H26N4O. The second-order valence-electron chi connectivity index (χ2n) is 8.78. The number of fused-ring (bicyclic) bond motifs is 2. The molecule has 3 atom stereocenters. The van der Waals surface area contributed by atoms with Gasteiger partial charge in [-0.15, -0.1) is 0 Å². The second kappa shape index (κ2) is 7.43. The number of benzene rings is 2. The molecular weight excluding hydrogens is 384 g/mol. The average Bonchev–Trinajstić information content (AvgIpc) is 3.21. The second-order valence-corrected chi connectivity index (χ2v) is 8.78. The first-order chi connectivity index (χ1) is 15.2. The lowest BCUT2D eigenvalue weighted by Gasteiger charge is -2.45. The minimum Gasteiger partial charge on any atom is -0.439 e. The molecule has 0 radical (unpaired) electrons. The molecule has 0 amide bonds. The van der Waals surface area contributed by atoms with Crippen LogP contribution < -0.4 is 10.1 Å². The number of piperidine rings is 1. The van der Waals surface area contributed by atoms with E-state index in [4.69, 9.17) is 4.74 Å². The lowest BCUT2D eigenvalue weighted by atomic mass is 9.74. The van der Waals surface area contributed by atoms with Gasteiger partial charge in [0.25, 0.3) is 0 Å². The molecule has 3 heterocycles. The third kappa shape index (κ3) is 3.35. The number of likely N-dealkylation sites (N-methyl/N-ethyl adjacent to an activating group) is 1. The Balaban J connectivity index is 1.20. The quantitative estimate of drug-likeness (QED) is 0.487. The van der Waals surface area contributed by atoms with E-state index in [1.807, 2.05) is 42.6 Å². The minimum atomic E-state index is 0.379. The number of nitrogens with zero attached hydrogens (tertiary/aromatic N) is 2. The number of nitrogens with one attached hydrogen (secondary N) is 2. The van der Waals surface area contributed by atoms with Crippen LogP contribution in [0.4, 0.5) is 5.69 Å². The summed E-state index contributed by atoms with van der Waals surface area (Å²) in [5.41, 5.74) is 5.26. The predicted octanol–water partition coefficient (Wildman–Crippen LogP) is 5.18. The molecule has 1 saturated heterocycles. The number of aromatic amines is 1. The highest BCUT2D eigenvalue weighted by atomic mass is 16.5. The molecule has 1 aliphatic heterocycles. The van der Waals surface area contributed by atoms with Gasteiger partial charge in [-0.25, -0.2) is 4.98 Å². The molecule has 2 aromatic heterocycles. The van der Waals surface area contributed by atoms with Crippen molar-refractivity contribution in [3.05, 3.63) is 84.2 Å². The minimum absolute atomic E-state index is 0.379. The van der Waals surface area contributed by atoms with Crippen LogP contribution in [0.3, 0.4) is 0 Å². The van der Waals surface area contributed by atoms with Crippen LogP contribution in [0.15, 0.2) is 73.1 Å². The van der Waals surface area contributed by atoms with Gasteiger partial charge in [0.2, 0.25) is 5.88 Å². The molecule has 0 saturated carbocycles. The number of aromatic nitrogens is 2. The van der Waals surface area contributed by atoms with E-state index in [9.17, 15) is 0 Å². The molecule has 5 heteroatoms. The Morgan fingerprint density at radius 2 is 1.97 bits per heavy atom. The molecule has 0 bridgehead atoms. The summed E-state index contributed by atoms with van der Waals surface area (Å²) in [6, 6.07) is 21.4. The van der Waals surface area contributed by atoms with E-state index in [0.29, 0.717) is 23.9 Å².